The molecule has 0 saturated carbocycles. The zero-order valence-corrected chi connectivity index (χ0v) is 11.9. The zero-order valence-electron chi connectivity index (χ0n) is 11.1. The molecule has 0 bridgehead atoms. The number of hydrogen-bond acceptors (Lipinski definition) is 5. The SMILES string of the molecule is COC(=O)c1ccc(C(=O)NC(C)c2cccs2)nc1. The number of methoxy groups -OCH3 is 1. The van der Waals surface area contributed by atoms with Crippen LogP contribution < -0.4 is 5.32 Å². The summed E-state index contributed by atoms with van der Waals surface area (Å²) in [5.74, 6) is -0.751. The van der Waals surface area contributed by atoms with E-state index in [1.807, 2.05) is 24.4 Å². The van der Waals surface area contributed by atoms with E-state index in [2.05, 4.69) is 15.0 Å². The van der Waals surface area contributed by atoms with E-state index in [4.69, 9.17) is 0 Å². The second-order valence-corrected chi connectivity index (χ2v) is 5.11. The largest absolute Gasteiger partial charge is 0.465 e. The molecule has 0 fully saturated rings. The summed E-state index contributed by atoms with van der Waals surface area (Å²) in [6, 6.07) is 6.84. The molecule has 0 spiro atoms. The van der Waals surface area contributed by atoms with Crippen molar-refractivity contribution in [3.8, 4) is 0 Å². The third kappa shape index (κ3) is 3.21. The minimum absolute atomic E-state index is 0.0791. The van der Waals surface area contributed by atoms with Crippen LogP contribution in [0, 0.1) is 0 Å². The molecule has 1 unspecified atom stereocenters. The van der Waals surface area contributed by atoms with Gasteiger partial charge in [-0.2, -0.15) is 0 Å². The minimum Gasteiger partial charge on any atom is -0.465 e. The number of ether oxygens (including phenoxy) is 1. The van der Waals surface area contributed by atoms with Gasteiger partial charge in [-0.05, 0) is 30.5 Å². The number of aromatic nitrogens is 1. The van der Waals surface area contributed by atoms with Gasteiger partial charge < -0.3 is 10.1 Å². The van der Waals surface area contributed by atoms with Crippen LogP contribution in [0.5, 0.6) is 0 Å². The number of hydrogen-bond donors (Lipinski definition) is 1. The van der Waals surface area contributed by atoms with Gasteiger partial charge in [0.25, 0.3) is 5.91 Å². The second-order valence-electron chi connectivity index (χ2n) is 4.13. The molecule has 2 heterocycles. The summed E-state index contributed by atoms with van der Waals surface area (Å²) in [7, 11) is 1.30. The summed E-state index contributed by atoms with van der Waals surface area (Å²) >= 11 is 1.58. The lowest BCUT2D eigenvalue weighted by atomic mass is 10.2. The Labute approximate surface area is 120 Å². The van der Waals surface area contributed by atoms with Gasteiger partial charge in [0.05, 0.1) is 18.7 Å². The number of esters is 1. The lowest BCUT2D eigenvalue weighted by Crippen LogP contribution is -2.27. The molecule has 0 aromatic carbocycles. The normalized spacial score (nSPS) is 11.7. The maximum Gasteiger partial charge on any atom is 0.339 e. The van der Waals surface area contributed by atoms with E-state index >= 15 is 0 Å². The fourth-order valence-corrected chi connectivity index (χ4v) is 2.38. The second kappa shape index (κ2) is 6.29. The number of rotatable bonds is 4. The maximum absolute atomic E-state index is 12.0. The van der Waals surface area contributed by atoms with Gasteiger partial charge in [0.1, 0.15) is 5.69 Å². The molecule has 0 radical (unpaired) electrons. The Morgan fingerprint density at radius 2 is 2.15 bits per heavy atom. The highest BCUT2D eigenvalue weighted by molar-refractivity contribution is 7.10. The monoisotopic (exact) mass is 290 g/mol. The highest BCUT2D eigenvalue weighted by Gasteiger charge is 2.14. The van der Waals surface area contributed by atoms with Crippen molar-refractivity contribution < 1.29 is 14.3 Å². The molecule has 2 aromatic heterocycles. The van der Waals surface area contributed by atoms with Crippen LogP contribution in [0.3, 0.4) is 0 Å². The molecule has 0 aliphatic rings. The highest BCUT2D eigenvalue weighted by atomic mass is 32.1. The van der Waals surface area contributed by atoms with E-state index in [-0.39, 0.29) is 17.6 Å². The van der Waals surface area contributed by atoms with Crippen LogP contribution in [0.4, 0.5) is 0 Å². The van der Waals surface area contributed by atoms with E-state index in [9.17, 15) is 9.59 Å². The summed E-state index contributed by atoms with van der Waals surface area (Å²) in [5, 5.41) is 4.81. The molecule has 1 amide bonds. The summed E-state index contributed by atoms with van der Waals surface area (Å²) in [6.45, 7) is 1.91. The van der Waals surface area contributed by atoms with Crippen molar-refractivity contribution >= 4 is 23.2 Å². The van der Waals surface area contributed by atoms with Crippen molar-refractivity contribution in [3.05, 3.63) is 52.0 Å². The first-order valence-electron chi connectivity index (χ1n) is 6.00. The first kappa shape index (κ1) is 14.2. The molecule has 1 N–H and O–H groups in total. The molecule has 1 atom stereocenters. The van der Waals surface area contributed by atoms with Crippen LogP contribution in [0.2, 0.25) is 0 Å². The van der Waals surface area contributed by atoms with Gasteiger partial charge >= 0.3 is 5.97 Å². The van der Waals surface area contributed by atoms with Crippen molar-refractivity contribution in [2.75, 3.05) is 7.11 Å². The molecule has 20 heavy (non-hydrogen) atoms. The van der Waals surface area contributed by atoms with Gasteiger partial charge in [-0.3, -0.25) is 9.78 Å². The Morgan fingerprint density at radius 1 is 1.35 bits per heavy atom. The number of amides is 1. The van der Waals surface area contributed by atoms with E-state index in [0.29, 0.717) is 5.56 Å². The number of nitrogens with one attached hydrogen (secondary N) is 1. The summed E-state index contributed by atoms with van der Waals surface area (Å²) < 4.78 is 4.57. The van der Waals surface area contributed by atoms with Crippen LogP contribution in [-0.2, 0) is 4.74 Å². The van der Waals surface area contributed by atoms with Gasteiger partial charge in [-0.15, -0.1) is 11.3 Å². The maximum atomic E-state index is 12.0. The van der Waals surface area contributed by atoms with Crippen LogP contribution in [0.25, 0.3) is 0 Å². The van der Waals surface area contributed by atoms with E-state index < -0.39 is 5.97 Å². The molecule has 2 rings (SSSR count). The van der Waals surface area contributed by atoms with Gasteiger partial charge in [-0.1, -0.05) is 6.07 Å². The average Bonchev–Trinajstić information content (AvgIpc) is 3.01. The quantitative estimate of drug-likeness (QED) is 0.878. The van der Waals surface area contributed by atoms with Crippen molar-refractivity contribution in [2.24, 2.45) is 0 Å². The van der Waals surface area contributed by atoms with Gasteiger partial charge in [0, 0.05) is 11.1 Å². The predicted molar refractivity (Wildman–Crippen MR) is 75.8 cm³/mol. The first-order chi connectivity index (χ1) is 9.61. The molecule has 0 aliphatic carbocycles. The number of carbonyl (C=O) groups is 2. The lowest BCUT2D eigenvalue weighted by molar-refractivity contribution is 0.0599. The summed E-state index contributed by atoms with van der Waals surface area (Å²) in [6.07, 6.45) is 1.33. The van der Waals surface area contributed by atoms with Crippen LogP contribution in [0.15, 0.2) is 35.8 Å². The highest BCUT2D eigenvalue weighted by Crippen LogP contribution is 2.18. The van der Waals surface area contributed by atoms with Gasteiger partial charge in [0.15, 0.2) is 0 Å². The Morgan fingerprint density at radius 3 is 2.70 bits per heavy atom. The Kier molecular flexibility index (Phi) is 4.47. The Bertz CT molecular complexity index is 593. The number of carbonyl (C=O) groups excluding carboxylic acids is 2. The molecule has 6 heteroatoms. The number of thiophene rings is 1. The number of pyridine rings is 1. The molecule has 2 aromatic rings. The third-order valence-electron chi connectivity index (χ3n) is 2.73. The van der Waals surface area contributed by atoms with Crippen molar-refractivity contribution in [3.63, 3.8) is 0 Å². The van der Waals surface area contributed by atoms with Crippen molar-refractivity contribution in [1.29, 1.82) is 0 Å². The van der Waals surface area contributed by atoms with Crippen LogP contribution in [-0.4, -0.2) is 24.0 Å². The van der Waals surface area contributed by atoms with Crippen LogP contribution >= 0.6 is 11.3 Å². The summed E-state index contributed by atoms with van der Waals surface area (Å²) in [4.78, 5) is 28.3. The first-order valence-corrected chi connectivity index (χ1v) is 6.88. The Hall–Kier alpha value is -2.21. The van der Waals surface area contributed by atoms with E-state index in [0.717, 1.165) is 4.88 Å². The van der Waals surface area contributed by atoms with Gasteiger partial charge in [-0.25, -0.2) is 4.79 Å². The molecule has 0 aliphatic heterocycles. The molecule has 104 valence electrons. The minimum atomic E-state index is -0.476. The number of nitrogens with zero attached hydrogens (tertiary/aromatic N) is 1. The summed E-state index contributed by atoms with van der Waals surface area (Å²) in [5.41, 5.74) is 0.580. The van der Waals surface area contributed by atoms with Crippen molar-refractivity contribution in [2.45, 2.75) is 13.0 Å². The van der Waals surface area contributed by atoms with Crippen LogP contribution in [0.1, 0.15) is 38.7 Å². The fourth-order valence-electron chi connectivity index (χ4n) is 1.65. The van der Waals surface area contributed by atoms with Crippen molar-refractivity contribution in [1.82, 2.24) is 10.3 Å². The van der Waals surface area contributed by atoms with E-state index in [1.54, 1.807) is 11.3 Å². The zero-order chi connectivity index (χ0) is 14.5. The fraction of sp³-hybridized carbons (Fsp3) is 0.214. The lowest BCUT2D eigenvalue weighted by Gasteiger charge is -2.11. The molecule has 5 nitrogen and oxygen atoms in total. The molecular weight excluding hydrogens is 276 g/mol. The third-order valence-corrected chi connectivity index (χ3v) is 3.79. The van der Waals surface area contributed by atoms with E-state index in [1.165, 1.54) is 25.4 Å². The predicted octanol–water partition coefficient (Wildman–Crippen LogP) is 2.42. The average molecular weight is 290 g/mol. The smallest absolute Gasteiger partial charge is 0.339 e. The molecular formula is C14H14N2O3S. The topological polar surface area (TPSA) is 68.3 Å². The Balaban J connectivity index is 2.04. The van der Waals surface area contributed by atoms with Gasteiger partial charge in [0.2, 0.25) is 0 Å². The standard InChI is InChI=1S/C14H14N2O3S/c1-9(12-4-3-7-20-12)16-13(17)11-6-5-10(8-15-11)14(18)19-2/h3-9H,1-2H3,(H,16,17). The molecule has 0 saturated heterocycles.